The van der Waals surface area contributed by atoms with Crippen LogP contribution in [-0.4, -0.2) is 39.1 Å². The number of fused-ring (bicyclic) bond motifs is 2. The van der Waals surface area contributed by atoms with Crippen molar-refractivity contribution >= 4 is 11.8 Å². The molecule has 2 aromatic carbocycles. The molecule has 2 aromatic rings. The molecule has 0 aromatic heterocycles. The molecule has 146 valence electrons. The largest absolute Gasteiger partial charge is 0.380 e. The Balaban J connectivity index is 1.40. The summed E-state index contributed by atoms with van der Waals surface area (Å²) in [7, 11) is 0. The number of rotatable bonds is 4. The van der Waals surface area contributed by atoms with E-state index in [4.69, 9.17) is 0 Å². The van der Waals surface area contributed by atoms with Gasteiger partial charge in [0.15, 0.2) is 12.2 Å². The van der Waals surface area contributed by atoms with Crippen molar-refractivity contribution in [3.8, 4) is 0 Å². The van der Waals surface area contributed by atoms with Crippen LogP contribution in [0.3, 0.4) is 0 Å². The molecule has 2 amide bonds. The van der Waals surface area contributed by atoms with Crippen LogP contribution in [-0.2, 0) is 29.1 Å². The third kappa shape index (κ3) is 3.53. The number of carbonyl (C=O) groups is 2. The molecule has 1 aliphatic carbocycles. The van der Waals surface area contributed by atoms with E-state index in [1.165, 1.54) is 10.5 Å². The molecule has 0 saturated carbocycles. The standard InChI is InChI=1S/C22H24N2O4/c25-19(20(26)22(28)24-12-15-7-1-2-8-16(15)13-24)21(27)23-18-11-5-9-14-6-3-4-10-17(14)18/h1-4,6-8,10,18-20,25-26H,5,9,11-13H2,(H,23,27)/t18-,19+,20+/m0/s1. The molecule has 6 nitrogen and oxygen atoms in total. The molecule has 0 unspecified atom stereocenters. The molecule has 4 rings (SSSR count). The molecule has 0 saturated heterocycles. The second kappa shape index (κ2) is 7.73. The van der Waals surface area contributed by atoms with Crippen LogP contribution in [0.2, 0.25) is 0 Å². The molecule has 28 heavy (non-hydrogen) atoms. The average Bonchev–Trinajstić information content (AvgIpc) is 3.16. The van der Waals surface area contributed by atoms with Crippen molar-refractivity contribution < 1.29 is 19.8 Å². The molecule has 1 heterocycles. The Morgan fingerprint density at radius 2 is 1.54 bits per heavy atom. The maximum absolute atomic E-state index is 12.6. The molecule has 1 aliphatic heterocycles. The zero-order valence-electron chi connectivity index (χ0n) is 15.5. The molecule has 2 aliphatic rings. The van der Waals surface area contributed by atoms with Crippen LogP contribution in [0, 0.1) is 0 Å². The van der Waals surface area contributed by atoms with Gasteiger partial charge in [-0.2, -0.15) is 0 Å². The number of nitrogens with zero attached hydrogens (tertiary/aromatic N) is 1. The van der Waals surface area contributed by atoms with Gasteiger partial charge in [-0.1, -0.05) is 48.5 Å². The summed E-state index contributed by atoms with van der Waals surface area (Å²) in [4.78, 5) is 26.6. The lowest BCUT2D eigenvalue weighted by atomic mass is 9.87. The summed E-state index contributed by atoms with van der Waals surface area (Å²) < 4.78 is 0. The van der Waals surface area contributed by atoms with Gasteiger partial charge in [-0.15, -0.1) is 0 Å². The summed E-state index contributed by atoms with van der Waals surface area (Å²) in [5.74, 6) is -1.36. The summed E-state index contributed by atoms with van der Waals surface area (Å²) >= 11 is 0. The molecule has 0 fully saturated rings. The van der Waals surface area contributed by atoms with Crippen molar-refractivity contribution in [2.24, 2.45) is 0 Å². The highest BCUT2D eigenvalue weighted by molar-refractivity contribution is 5.91. The molecular weight excluding hydrogens is 356 g/mol. The fraction of sp³-hybridized carbons (Fsp3) is 0.364. The molecule has 3 N–H and O–H groups in total. The quantitative estimate of drug-likeness (QED) is 0.749. The predicted molar refractivity (Wildman–Crippen MR) is 103 cm³/mol. The van der Waals surface area contributed by atoms with Crippen molar-refractivity contribution in [1.82, 2.24) is 10.2 Å². The highest BCUT2D eigenvalue weighted by Gasteiger charge is 2.36. The molecule has 0 radical (unpaired) electrons. The van der Waals surface area contributed by atoms with Crippen molar-refractivity contribution in [2.75, 3.05) is 0 Å². The van der Waals surface area contributed by atoms with E-state index in [1.54, 1.807) is 0 Å². The van der Waals surface area contributed by atoms with Crippen molar-refractivity contribution in [3.63, 3.8) is 0 Å². The van der Waals surface area contributed by atoms with E-state index in [0.29, 0.717) is 13.1 Å². The Morgan fingerprint density at radius 1 is 0.929 bits per heavy atom. The minimum Gasteiger partial charge on any atom is -0.380 e. The number of benzene rings is 2. The Kier molecular flexibility index (Phi) is 5.15. The molecule has 0 spiro atoms. The number of carbonyl (C=O) groups excluding carboxylic acids is 2. The van der Waals surface area contributed by atoms with Gasteiger partial charge in [-0.25, -0.2) is 0 Å². The first-order chi connectivity index (χ1) is 13.5. The topological polar surface area (TPSA) is 89.9 Å². The number of aliphatic hydroxyl groups excluding tert-OH is 2. The average molecular weight is 380 g/mol. The lowest BCUT2D eigenvalue weighted by molar-refractivity contribution is -0.153. The number of hydrogen-bond donors (Lipinski definition) is 3. The monoisotopic (exact) mass is 380 g/mol. The summed E-state index contributed by atoms with van der Waals surface area (Å²) in [5.41, 5.74) is 4.24. The van der Waals surface area contributed by atoms with Gasteiger partial charge < -0.3 is 20.4 Å². The van der Waals surface area contributed by atoms with E-state index in [-0.39, 0.29) is 6.04 Å². The van der Waals surface area contributed by atoms with Gasteiger partial charge in [0.2, 0.25) is 0 Å². The van der Waals surface area contributed by atoms with Crippen LogP contribution in [0.1, 0.15) is 41.1 Å². The van der Waals surface area contributed by atoms with Crippen LogP contribution >= 0.6 is 0 Å². The molecule has 0 bridgehead atoms. The van der Waals surface area contributed by atoms with Crippen molar-refractivity contribution in [3.05, 3.63) is 70.8 Å². The van der Waals surface area contributed by atoms with Gasteiger partial charge in [0.05, 0.1) is 6.04 Å². The number of aryl methyl sites for hydroxylation is 1. The minimum absolute atomic E-state index is 0.217. The van der Waals surface area contributed by atoms with Crippen molar-refractivity contribution in [2.45, 2.75) is 50.6 Å². The Bertz CT molecular complexity index is 873. The maximum Gasteiger partial charge on any atom is 0.255 e. The normalized spacial score (nSPS) is 20.1. The summed E-state index contributed by atoms with van der Waals surface area (Å²) in [6, 6.07) is 15.3. The van der Waals surface area contributed by atoms with Crippen LogP contribution < -0.4 is 5.32 Å². The molecular formula is C22H24N2O4. The predicted octanol–water partition coefficient (Wildman–Crippen LogP) is 1.44. The van der Waals surface area contributed by atoms with Gasteiger partial charge in [0, 0.05) is 13.1 Å². The van der Waals surface area contributed by atoms with Crippen LogP contribution in [0.15, 0.2) is 48.5 Å². The fourth-order valence-electron chi connectivity index (χ4n) is 4.12. The summed E-state index contributed by atoms with van der Waals surface area (Å²) in [6.07, 6.45) is -0.924. The zero-order valence-corrected chi connectivity index (χ0v) is 15.5. The maximum atomic E-state index is 12.6. The molecule has 3 atom stereocenters. The smallest absolute Gasteiger partial charge is 0.255 e. The first-order valence-corrected chi connectivity index (χ1v) is 9.64. The highest BCUT2D eigenvalue weighted by atomic mass is 16.3. The van der Waals surface area contributed by atoms with E-state index >= 15 is 0 Å². The van der Waals surface area contributed by atoms with Gasteiger partial charge >= 0.3 is 0 Å². The van der Waals surface area contributed by atoms with Gasteiger partial charge in [0.1, 0.15) is 0 Å². The van der Waals surface area contributed by atoms with Gasteiger partial charge in [-0.05, 0) is 41.5 Å². The number of aliphatic hydroxyl groups is 2. The highest BCUT2D eigenvalue weighted by Crippen LogP contribution is 2.29. The van der Waals surface area contributed by atoms with Gasteiger partial charge in [0.25, 0.3) is 11.8 Å². The van der Waals surface area contributed by atoms with E-state index in [0.717, 1.165) is 36.0 Å². The number of hydrogen-bond acceptors (Lipinski definition) is 4. The Hall–Kier alpha value is -2.70. The SMILES string of the molecule is O=C(N[C@H]1CCCc2ccccc21)[C@H](O)[C@@H](O)C(=O)N1Cc2ccccc2C1. The third-order valence-corrected chi connectivity index (χ3v) is 5.66. The van der Waals surface area contributed by atoms with E-state index in [2.05, 4.69) is 5.32 Å². The van der Waals surface area contributed by atoms with E-state index < -0.39 is 24.0 Å². The molecule has 6 heteroatoms. The summed E-state index contributed by atoms with van der Waals surface area (Å²) in [6.45, 7) is 0.743. The van der Waals surface area contributed by atoms with E-state index in [9.17, 15) is 19.8 Å². The Morgan fingerprint density at radius 3 is 2.21 bits per heavy atom. The number of nitrogens with one attached hydrogen (secondary N) is 1. The first kappa shape index (κ1) is 18.7. The first-order valence-electron chi connectivity index (χ1n) is 9.64. The van der Waals surface area contributed by atoms with Crippen molar-refractivity contribution in [1.29, 1.82) is 0 Å². The summed E-state index contributed by atoms with van der Waals surface area (Å²) in [5, 5.41) is 23.4. The second-order valence-electron chi connectivity index (χ2n) is 7.50. The minimum atomic E-state index is -1.80. The zero-order chi connectivity index (χ0) is 19.7. The Labute approximate surface area is 163 Å². The van der Waals surface area contributed by atoms with E-state index in [1.807, 2.05) is 48.5 Å². The van der Waals surface area contributed by atoms with Gasteiger partial charge in [-0.3, -0.25) is 9.59 Å². The van der Waals surface area contributed by atoms with Crippen LogP contribution in [0.5, 0.6) is 0 Å². The van der Waals surface area contributed by atoms with Crippen LogP contribution in [0.4, 0.5) is 0 Å². The number of amides is 2. The lowest BCUT2D eigenvalue weighted by Gasteiger charge is -2.28. The fourth-order valence-corrected chi connectivity index (χ4v) is 4.12. The lowest BCUT2D eigenvalue weighted by Crippen LogP contribution is -2.50. The second-order valence-corrected chi connectivity index (χ2v) is 7.50. The van der Waals surface area contributed by atoms with Crippen LogP contribution in [0.25, 0.3) is 0 Å². The third-order valence-electron chi connectivity index (χ3n) is 5.66.